The number of carbonyl (C=O) groups excluding carboxylic acids is 1. The van der Waals surface area contributed by atoms with E-state index in [1.165, 1.54) is 31.2 Å². The lowest BCUT2D eigenvalue weighted by Crippen LogP contribution is -2.44. The quantitative estimate of drug-likeness (QED) is 0.670. The van der Waals surface area contributed by atoms with Crippen LogP contribution in [0, 0.1) is 17.3 Å². The van der Waals surface area contributed by atoms with Crippen LogP contribution in [0.25, 0.3) is 0 Å². The Morgan fingerprint density at radius 1 is 1.05 bits per heavy atom. The van der Waals surface area contributed by atoms with E-state index in [-0.39, 0.29) is 11.3 Å². The molecule has 0 N–H and O–H groups in total. The van der Waals surface area contributed by atoms with Crippen LogP contribution in [-0.2, 0) is 4.79 Å². The van der Waals surface area contributed by atoms with E-state index in [1.54, 1.807) is 0 Å². The van der Waals surface area contributed by atoms with Crippen molar-refractivity contribution in [3.8, 4) is 0 Å². The maximum atomic E-state index is 12.9. The third kappa shape index (κ3) is 2.01. The van der Waals surface area contributed by atoms with Gasteiger partial charge in [-0.15, -0.1) is 0 Å². The number of Topliss-reactive ketones (excluding diaryl/α,β-unsaturated/α-hetero) is 1. The standard InChI is InChI=1S/C20H24O/c21-18-12-6-14-20-13-5-10-16(20)9-4-11-17(19(18)20)15-7-2-1-3-8-15/h1-4,7-9,16-17,19H,5-6,10-14H2/t16-,17+,19-,20-/m1/s1. The van der Waals surface area contributed by atoms with Crippen molar-refractivity contribution in [2.24, 2.45) is 17.3 Å². The van der Waals surface area contributed by atoms with E-state index < -0.39 is 0 Å². The highest BCUT2D eigenvalue weighted by molar-refractivity contribution is 5.84. The molecule has 2 saturated carbocycles. The summed E-state index contributed by atoms with van der Waals surface area (Å²) in [5.41, 5.74) is 1.65. The third-order valence-electron chi connectivity index (χ3n) is 6.32. The first kappa shape index (κ1) is 13.3. The highest BCUT2D eigenvalue weighted by Gasteiger charge is 2.54. The van der Waals surface area contributed by atoms with Gasteiger partial charge in [-0.3, -0.25) is 4.79 Å². The van der Waals surface area contributed by atoms with Gasteiger partial charge < -0.3 is 0 Å². The number of rotatable bonds is 1. The van der Waals surface area contributed by atoms with Gasteiger partial charge in [0, 0.05) is 12.3 Å². The monoisotopic (exact) mass is 280 g/mol. The zero-order valence-corrected chi connectivity index (χ0v) is 12.6. The summed E-state index contributed by atoms with van der Waals surface area (Å²) in [5.74, 6) is 1.86. The van der Waals surface area contributed by atoms with Gasteiger partial charge in [-0.25, -0.2) is 0 Å². The van der Waals surface area contributed by atoms with Crippen molar-refractivity contribution in [1.29, 1.82) is 0 Å². The largest absolute Gasteiger partial charge is 0.299 e. The summed E-state index contributed by atoms with van der Waals surface area (Å²) in [5, 5.41) is 0. The molecule has 110 valence electrons. The molecular weight excluding hydrogens is 256 g/mol. The molecule has 0 heterocycles. The molecule has 0 bridgehead atoms. The average molecular weight is 280 g/mol. The maximum Gasteiger partial charge on any atom is 0.137 e. The molecule has 0 aliphatic heterocycles. The van der Waals surface area contributed by atoms with E-state index in [0.29, 0.717) is 17.6 Å². The van der Waals surface area contributed by atoms with Gasteiger partial charge in [-0.05, 0) is 54.9 Å². The van der Waals surface area contributed by atoms with Crippen LogP contribution in [0.3, 0.4) is 0 Å². The Labute approximate surface area is 127 Å². The second-order valence-corrected chi connectivity index (χ2v) is 7.21. The van der Waals surface area contributed by atoms with Crippen LogP contribution in [0.15, 0.2) is 42.5 Å². The van der Waals surface area contributed by atoms with Gasteiger partial charge >= 0.3 is 0 Å². The normalized spacial score (nSPS) is 38.7. The molecule has 4 rings (SSSR count). The van der Waals surface area contributed by atoms with Gasteiger partial charge in [0.1, 0.15) is 5.78 Å². The number of benzene rings is 1. The first-order valence-corrected chi connectivity index (χ1v) is 8.55. The Bertz CT molecular complexity index is 558. The summed E-state index contributed by atoms with van der Waals surface area (Å²) >= 11 is 0. The lowest BCUT2D eigenvalue weighted by Gasteiger charge is -2.46. The minimum atomic E-state index is 0.260. The third-order valence-corrected chi connectivity index (χ3v) is 6.32. The van der Waals surface area contributed by atoms with Crippen molar-refractivity contribution in [2.45, 2.75) is 50.9 Å². The lowest BCUT2D eigenvalue weighted by atomic mass is 9.56. The molecule has 0 unspecified atom stereocenters. The Morgan fingerprint density at radius 3 is 2.71 bits per heavy atom. The number of hydrogen-bond donors (Lipinski definition) is 0. The molecule has 1 aromatic rings. The lowest BCUT2D eigenvalue weighted by molar-refractivity contribution is -0.133. The first-order valence-electron chi connectivity index (χ1n) is 8.55. The smallest absolute Gasteiger partial charge is 0.137 e. The van der Waals surface area contributed by atoms with Gasteiger partial charge in [0.15, 0.2) is 0 Å². The van der Waals surface area contributed by atoms with Crippen molar-refractivity contribution < 1.29 is 4.79 Å². The van der Waals surface area contributed by atoms with Gasteiger partial charge in [-0.1, -0.05) is 48.9 Å². The molecule has 0 aromatic heterocycles. The van der Waals surface area contributed by atoms with Gasteiger partial charge in [0.05, 0.1) is 0 Å². The van der Waals surface area contributed by atoms with Gasteiger partial charge in [0.25, 0.3) is 0 Å². The molecule has 0 saturated heterocycles. The fourth-order valence-corrected chi connectivity index (χ4v) is 5.51. The second-order valence-electron chi connectivity index (χ2n) is 7.21. The van der Waals surface area contributed by atoms with Crippen molar-refractivity contribution in [2.75, 3.05) is 0 Å². The Hall–Kier alpha value is -1.37. The van der Waals surface area contributed by atoms with E-state index in [1.807, 2.05) is 0 Å². The van der Waals surface area contributed by atoms with E-state index in [9.17, 15) is 4.79 Å². The van der Waals surface area contributed by atoms with Crippen LogP contribution in [-0.4, -0.2) is 5.78 Å². The average Bonchev–Trinajstić information content (AvgIpc) is 2.81. The van der Waals surface area contributed by atoms with Gasteiger partial charge in [-0.2, -0.15) is 0 Å². The van der Waals surface area contributed by atoms with E-state index >= 15 is 0 Å². The molecule has 1 nitrogen and oxygen atoms in total. The highest BCUT2D eigenvalue weighted by atomic mass is 16.1. The second kappa shape index (κ2) is 5.12. The van der Waals surface area contributed by atoms with E-state index in [0.717, 1.165) is 19.3 Å². The molecular formula is C20H24O. The Balaban J connectivity index is 1.81. The predicted octanol–water partition coefficient (Wildman–Crippen LogP) is 4.89. The first-order chi connectivity index (χ1) is 10.3. The van der Waals surface area contributed by atoms with Crippen molar-refractivity contribution in [1.82, 2.24) is 0 Å². The number of allylic oxidation sites excluding steroid dienone is 2. The molecule has 1 heteroatoms. The molecule has 0 amide bonds. The van der Waals surface area contributed by atoms with Crippen molar-refractivity contribution in [3.63, 3.8) is 0 Å². The predicted molar refractivity (Wildman–Crippen MR) is 85.1 cm³/mol. The summed E-state index contributed by atoms with van der Waals surface area (Å²) < 4.78 is 0. The van der Waals surface area contributed by atoms with Crippen LogP contribution in [0.1, 0.15) is 56.4 Å². The summed E-state index contributed by atoms with van der Waals surface area (Å²) in [6.07, 6.45) is 12.9. The molecule has 2 fully saturated rings. The summed E-state index contributed by atoms with van der Waals surface area (Å²) in [6, 6.07) is 10.8. The SMILES string of the molecule is O=C1CCC[C@]23CCC[C@H]2C=CC[C@@H](c2ccccc2)[C@H]13. The van der Waals surface area contributed by atoms with E-state index in [2.05, 4.69) is 42.5 Å². The molecule has 0 radical (unpaired) electrons. The summed E-state index contributed by atoms with van der Waals surface area (Å²) in [4.78, 5) is 12.9. The van der Waals surface area contributed by atoms with Crippen LogP contribution < -0.4 is 0 Å². The molecule has 3 aliphatic rings. The number of ketones is 1. The van der Waals surface area contributed by atoms with Crippen LogP contribution in [0.2, 0.25) is 0 Å². The molecule has 4 atom stereocenters. The topological polar surface area (TPSA) is 17.1 Å². The van der Waals surface area contributed by atoms with Crippen molar-refractivity contribution >= 4 is 5.78 Å². The van der Waals surface area contributed by atoms with Crippen LogP contribution in [0.4, 0.5) is 0 Å². The molecule has 1 spiro atoms. The number of hydrogen-bond acceptors (Lipinski definition) is 1. The zero-order chi connectivity index (χ0) is 14.3. The fourth-order valence-electron chi connectivity index (χ4n) is 5.51. The maximum absolute atomic E-state index is 12.9. The molecule has 1 aromatic carbocycles. The summed E-state index contributed by atoms with van der Waals surface area (Å²) in [6.45, 7) is 0. The Morgan fingerprint density at radius 2 is 1.86 bits per heavy atom. The minimum Gasteiger partial charge on any atom is -0.299 e. The fraction of sp³-hybridized carbons (Fsp3) is 0.550. The van der Waals surface area contributed by atoms with Crippen molar-refractivity contribution in [3.05, 3.63) is 48.0 Å². The number of carbonyl (C=O) groups is 1. The zero-order valence-electron chi connectivity index (χ0n) is 12.6. The molecule has 3 aliphatic carbocycles. The Kier molecular flexibility index (Phi) is 3.24. The summed E-state index contributed by atoms with van der Waals surface area (Å²) in [7, 11) is 0. The van der Waals surface area contributed by atoms with E-state index in [4.69, 9.17) is 0 Å². The van der Waals surface area contributed by atoms with Crippen LogP contribution in [0.5, 0.6) is 0 Å². The van der Waals surface area contributed by atoms with Gasteiger partial charge in [0.2, 0.25) is 0 Å². The molecule has 21 heavy (non-hydrogen) atoms. The minimum absolute atomic E-state index is 0.260. The van der Waals surface area contributed by atoms with Crippen LogP contribution >= 0.6 is 0 Å². The highest BCUT2D eigenvalue weighted by Crippen LogP contribution is 2.60.